The molecule has 3 nitrogen and oxygen atoms in total. The Bertz CT molecular complexity index is 498. The molecule has 0 aliphatic carbocycles. The molecular weight excluding hydrogens is 290 g/mol. The highest BCUT2D eigenvalue weighted by Gasteiger charge is 2.37. The minimum absolute atomic E-state index is 0.213. The number of carbonyl (C=O) groups is 1. The van der Waals surface area contributed by atoms with Gasteiger partial charge in [0.25, 0.3) is 0 Å². The molecule has 0 amide bonds. The number of nitrogens with zero attached hydrogens (tertiary/aromatic N) is 1. The SMILES string of the molecule is CCN(CC)C(CC(=O)O)c1ccc(F)cc1C(F)(F)F. The van der Waals surface area contributed by atoms with Gasteiger partial charge in [-0.25, -0.2) is 4.39 Å². The number of carboxylic acid groups (broad SMARTS) is 1. The van der Waals surface area contributed by atoms with Gasteiger partial charge in [-0.2, -0.15) is 13.2 Å². The lowest BCUT2D eigenvalue weighted by Gasteiger charge is -2.30. The van der Waals surface area contributed by atoms with E-state index in [0.717, 1.165) is 12.1 Å². The minimum atomic E-state index is -4.73. The van der Waals surface area contributed by atoms with Crippen molar-refractivity contribution < 1.29 is 27.5 Å². The number of carboxylic acids is 1. The number of hydrogen-bond acceptors (Lipinski definition) is 2. The van der Waals surface area contributed by atoms with Gasteiger partial charge in [0.15, 0.2) is 0 Å². The molecule has 1 unspecified atom stereocenters. The summed E-state index contributed by atoms with van der Waals surface area (Å²) in [4.78, 5) is 12.6. The first-order valence-corrected chi connectivity index (χ1v) is 6.53. The van der Waals surface area contributed by atoms with Crippen LogP contribution in [-0.4, -0.2) is 29.1 Å². The van der Waals surface area contributed by atoms with Gasteiger partial charge in [-0.3, -0.25) is 9.69 Å². The van der Waals surface area contributed by atoms with E-state index in [9.17, 15) is 22.4 Å². The quantitative estimate of drug-likeness (QED) is 0.815. The van der Waals surface area contributed by atoms with E-state index < -0.39 is 36.0 Å². The maximum absolute atomic E-state index is 13.1. The molecule has 1 N–H and O–H groups in total. The fraction of sp³-hybridized carbons (Fsp3) is 0.500. The van der Waals surface area contributed by atoms with E-state index in [4.69, 9.17) is 5.11 Å². The lowest BCUT2D eigenvalue weighted by Crippen LogP contribution is -2.31. The maximum Gasteiger partial charge on any atom is 0.416 e. The van der Waals surface area contributed by atoms with Crippen molar-refractivity contribution in [1.29, 1.82) is 0 Å². The molecule has 0 saturated carbocycles. The zero-order chi connectivity index (χ0) is 16.2. The first kappa shape index (κ1) is 17.4. The molecule has 7 heteroatoms. The van der Waals surface area contributed by atoms with Crippen molar-refractivity contribution in [2.75, 3.05) is 13.1 Å². The highest BCUT2D eigenvalue weighted by atomic mass is 19.4. The van der Waals surface area contributed by atoms with Crippen LogP contribution in [0, 0.1) is 5.82 Å². The van der Waals surface area contributed by atoms with E-state index in [1.807, 2.05) is 0 Å². The molecule has 1 rings (SSSR count). The number of alkyl halides is 3. The van der Waals surface area contributed by atoms with Crippen LogP contribution in [0.15, 0.2) is 18.2 Å². The molecule has 0 spiro atoms. The molecule has 21 heavy (non-hydrogen) atoms. The van der Waals surface area contributed by atoms with Crippen LogP contribution in [0.3, 0.4) is 0 Å². The van der Waals surface area contributed by atoms with E-state index in [-0.39, 0.29) is 5.56 Å². The standard InChI is InChI=1S/C14H17F4NO2/c1-3-19(4-2)12(8-13(20)21)10-6-5-9(15)7-11(10)14(16,17)18/h5-7,12H,3-4,8H2,1-2H3,(H,20,21). The zero-order valence-electron chi connectivity index (χ0n) is 11.7. The normalized spacial score (nSPS) is 13.5. The Morgan fingerprint density at radius 3 is 2.29 bits per heavy atom. The molecule has 0 aromatic heterocycles. The van der Waals surface area contributed by atoms with Crippen LogP contribution in [0.2, 0.25) is 0 Å². The minimum Gasteiger partial charge on any atom is -0.481 e. The maximum atomic E-state index is 13.1. The van der Waals surface area contributed by atoms with Crippen molar-refractivity contribution in [2.45, 2.75) is 32.5 Å². The first-order chi connectivity index (χ1) is 9.70. The third-order valence-corrected chi connectivity index (χ3v) is 3.30. The Balaban J connectivity index is 3.39. The molecule has 0 aliphatic rings. The number of halogens is 4. The monoisotopic (exact) mass is 307 g/mol. The Morgan fingerprint density at radius 1 is 1.29 bits per heavy atom. The molecule has 0 fully saturated rings. The van der Waals surface area contributed by atoms with Crippen molar-refractivity contribution in [3.05, 3.63) is 35.1 Å². The Morgan fingerprint density at radius 2 is 1.86 bits per heavy atom. The number of hydrogen-bond donors (Lipinski definition) is 1. The highest BCUT2D eigenvalue weighted by molar-refractivity contribution is 5.68. The van der Waals surface area contributed by atoms with Gasteiger partial charge in [0, 0.05) is 6.04 Å². The van der Waals surface area contributed by atoms with E-state index in [1.165, 1.54) is 0 Å². The second kappa shape index (κ2) is 6.89. The van der Waals surface area contributed by atoms with Crippen molar-refractivity contribution in [1.82, 2.24) is 4.90 Å². The molecular formula is C14H17F4NO2. The number of rotatable bonds is 6. The highest BCUT2D eigenvalue weighted by Crippen LogP contribution is 2.38. The van der Waals surface area contributed by atoms with E-state index in [1.54, 1.807) is 18.7 Å². The summed E-state index contributed by atoms with van der Waals surface area (Å²) in [6.07, 6.45) is -5.21. The van der Waals surface area contributed by atoms with Gasteiger partial charge in [0.1, 0.15) is 5.82 Å². The average Bonchev–Trinajstić information content (AvgIpc) is 2.37. The van der Waals surface area contributed by atoms with Crippen LogP contribution < -0.4 is 0 Å². The summed E-state index contributed by atoms with van der Waals surface area (Å²) < 4.78 is 52.3. The fourth-order valence-electron chi connectivity index (χ4n) is 2.33. The third-order valence-electron chi connectivity index (χ3n) is 3.30. The topological polar surface area (TPSA) is 40.5 Å². The van der Waals surface area contributed by atoms with Gasteiger partial charge in [-0.15, -0.1) is 0 Å². The Hall–Kier alpha value is -1.63. The summed E-state index contributed by atoms with van der Waals surface area (Å²) >= 11 is 0. The van der Waals surface area contributed by atoms with Crippen LogP contribution >= 0.6 is 0 Å². The van der Waals surface area contributed by atoms with E-state index >= 15 is 0 Å². The summed E-state index contributed by atoms with van der Waals surface area (Å²) in [5.74, 6) is -2.20. The zero-order valence-corrected chi connectivity index (χ0v) is 11.7. The van der Waals surface area contributed by atoms with Gasteiger partial charge < -0.3 is 5.11 Å². The summed E-state index contributed by atoms with van der Waals surface area (Å²) in [7, 11) is 0. The van der Waals surface area contributed by atoms with Crippen LogP contribution in [-0.2, 0) is 11.0 Å². The van der Waals surface area contributed by atoms with E-state index in [2.05, 4.69) is 0 Å². The lowest BCUT2D eigenvalue weighted by atomic mass is 9.95. The molecule has 1 aromatic carbocycles. The Labute approximate surface area is 120 Å². The summed E-state index contributed by atoms with van der Waals surface area (Å²) in [6.45, 7) is 4.25. The number of benzene rings is 1. The van der Waals surface area contributed by atoms with Crippen molar-refractivity contribution in [3.63, 3.8) is 0 Å². The van der Waals surface area contributed by atoms with Crippen molar-refractivity contribution in [3.8, 4) is 0 Å². The summed E-state index contributed by atoms with van der Waals surface area (Å²) in [5.41, 5.74) is -1.34. The smallest absolute Gasteiger partial charge is 0.416 e. The van der Waals surface area contributed by atoms with Crippen LogP contribution in [0.4, 0.5) is 17.6 Å². The molecule has 0 saturated heterocycles. The van der Waals surface area contributed by atoms with Crippen molar-refractivity contribution in [2.24, 2.45) is 0 Å². The average molecular weight is 307 g/mol. The van der Waals surface area contributed by atoms with Gasteiger partial charge in [-0.1, -0.05) is 19.9 Å². The largest absolute Gasteiger partial charge is 0.481 e. The van der Waals surface area contributed by atoms with Crippen LogP contribution in [0.1, 0.15) is 37.4 Å². The third kappa shape index (κ3) is 4.42. The predicted octanol–water partition coefficient (Wildman–Crippen LogP) is 3.70. The molecule has 1 atom stereocenters. The summed E-state index contributed by atoms with van der Waals surface area (Å²) in [6, 6.07) is 1.40. The molecule has 118 valence electrons. The molecule has 0 radical (unpaired) electrons. The second-order valence-corrected chi connectivity index (χ2v) is 4.56. The van der Waals surface area contributed by atoms with Gasteiger partial charge in [0.05, 0.1) is 12.0 Å². The number of aliphatic carboxylic acids is 1. The molecule has 0 heterocycles. The first-order valence-electron chi connectivity index (χ1n) is 6.53. The van der Waals surface area contributed by atoms with Crippen molar-refractivity contribution >= 4 is 5.97 Å². The molecule has 0 bridgehead atoms. The van der Waals surface area contributed by atoms with E-state index in [0.29, 0.717) is 19.2 Å². The predicted molar refractivity (Wildman–Crippen MR) is 69.3 cm³/mol. The lowest BCUT2D eigenvalue weighted by molar-refractivity contribution is -0.142. The Kier molecular flexibility index (Phi) is 5.71. The van der Waals surface area contributed by atoms with Crippen LogP contribution in [0.25, 0.3) is 0 Å². The summed E-state index contributed by atoms with van der Waals surface area (Å²) in [5, 5.41) is 8.95. The fourth-order valence-corrected chi connectivity index (χ4v) is 2.33. The van der Waals surface area contributed by atoms with Gasteiger partial charge in [0.2, 0.25) is 0 Å². The van der Waals surface area contributed by atoms with Crippen LogP contribution in [0.5, 0.6) is 0 Å². The molecule has 0 aliphatic heterocycles. The van der Waals surface area contributed by atoms with Gasteiger partial charge >= 0.3 is 12.1 Å². The second-order valence-electron chi connectivity index (χ2n) is 4.56. The molecule has 1 aromatic rings. The van der Waals surface area contributed by atoms with Gasteiger partial charge in [-0.05, 0) is 30.8 Å².